The first-order valence-corrected chi connectivity index (χ1v) is 11.5. The van der Waals surface area contributed by atoms with Gasteiger partial charge in [-0.3, -0.25) is 4.79 Å². The van der Waals surface area contributed by atoms with Crippen molar-refractivity contribution in [2.24, 2.45) is 0 Å². The fourth-order valence-corrected chi connectivity index (χ4v) is 3.98. The fourth-order valence-electron chi connectivity index (χ4n) is 3.38. The summed E-state index contributed by atoms with van der Waals surface area (Å²) in [5.74, 6) is 0.743. The number of aromatic nitrogens is 1. The number of nitrogens with one attached hydrogen (secondary N) is 1. The number of thiazole rings is 1. The van der Waals surface area contributed by atoms with Gasteiger partial charge in [-0.05, 0) is 50.2 Å². The molecule has 0 spiro atoms. The molecule has 0 bridgehead atoms. The summed E-state index contributed by atoms with van der Waals surface area (Å²) in [6.45, 7) is 12.1. The Bertz CT molecular complexity index is 811. The summed E-state index contributed by atoms with van der Waals surface area (Å²) in [5, 5.41) is 6.03. The van der Waals surface area contributed by atoms with Gasteiger partial charge in [-0.1, -0.05) is 19.1 Å². The van der Waals surface area contributed by atoms with Crippen molar-refractivity contribution in [3.8, 4) is 5.75 Å². The molecule has 0 aliphatic carbocycles. The highest BCUT2D eigenvalue weighted by Crippen LogP contribution is 2.16. The van der Waals surface area contributed by atoms with Gasteiger partial charge >= 0.3 is 0 Å². The number of aryl methyl sites for hydroxylation is 1. The first-order chi connectivity index (χ1) is 14.6. The zero-order valence-electron chi connectivity index (χ0n) is 18.0. The number of hydrogen-bond donors (Lipinski definition) is 1. The van der Waals surface area contributed by atoms with Crippen LogP contribution in [0.25, 0.3) is 6.08 Å². The minimum Gasteiger partial charge on any atom is -0.487 e. The third-order valence-corrected chi connectivity index (χ3v) is 6.05. The molecule has 1 aromatic carbocycles. The van der Waals surface area contributed by atoms with E-state index in [1.807, 2.05) is 42.6 Å². The van der Waals surface area contributed by atoms with Crippen LogP contribution in [-0.4, -0.2) is 66.5 Å². The van der Waals surface area contributed by atoms with Gasteiger partial charge in [0.2, 0.25) is 5.91 Å². The molecule has 1 aliphatic heterocycles. The molecule has 2 aromatic rings. The van der Waals surface area contributed by atoms with E-state index >= 15 is 0 Å². The summed E-state index contributed by atoms with van der Waals surface area (Å²) < 4.78 is 5.75. The van der Waals surface area contributed by atoms with E-state index in [4.69, 9.17) is 4.74 Å². The van der Waals surface area contributed by atoms with Crippen LogP contribution in [0.2, 0.25) is 0 Å². The van der Waals surface area contributed by atoms with E-state index in [9.17, 15) is 4.79 Å². The van der Waals surface area contributed by atoms with Gasteiger partial charge in [0.25, 0.3) is 0 Å². The second kappa shape index (κ2) is 11.8. The van der Waals surface area contributed by atoms with Gasteiger partial charge in [-0.25, -0.2) is 4.98 Å². The van der Waals surface area contributed by atoms with E-state index in [0.29, 0.717) is 13.2 Å². The van der Waals surface area contributed by atoms with Gasteiger partial charge in [0.05, 0.1) is 10.7 Å². The van der Waals surface area contributed by atoms with E-state index in [-0.39, 0.29) is 5.91 Å². The average molecular weight is 429 g/mol. The molecule has 1 amide bonds. The molecule has 0 radical (unpaired) electrons. The molecule has 7 heteroatoms. The number of nitrogens with zero attached hydrogens (tertiary/aromatic N) is 3. The Hall–Kier alpha value is -2.22. The largest absolute Gasteiger partial charge is 0.487 e. The molecule has 2 heterocycles. The van der Waals surface area contributed by atoms with E-state index in [1.165, 1.54) is 0 Å². The summed E-state index contributed by atoms with van der Waals surface area (Å²) in [6, 6.07) is 7.72. The lowest BCUT2D eigenvalue weighted by atomic mass is 10.2. The predicted molar refractivity (Wildman–Crippen MR) is 123 cm³/mol. The lowest BCUT2D eigenvalue weighted by Gasteiger charge is -2.33. The van der Waals surface area contributed by atoms with E-state index in [0.717, 1.165) is 67.7 Å². The Morgan fingerprint density at radius 2 is 1.93 bits per heavy atom. The van der Waals surface area contributed by atoms with Crippen molar-refractivity contribution in [3.63, 3.8) is 0 Å². The zero-order valence-corrected chi connectivity index (χ0v) is 18.8. The van der Waals surface area contributed by atoms with Gasteiger partial charge in [0.1, 0.15) is 12.4 Å². The van der Waals surface area contributed by atoms with Gasteiger partial charge in [0.15, 0.2) is 0 Å². The van der Waals surface area contributed by atoms with Crippen LogP contribution in [-0.2, 0) is 11.4 Å². The minimum absolute atomic E-state index is 0.0509. The molecule has 0 atom stereocenters. The van der Waals surface area contributed by atoms with Crippen LogP contribution in [0.4, 0.5) is 0 Å². The van der Waals surface area contributed by atoms with Crippen LogP contribution in [0, 0.1) is 6.92 Å². The highest BCUT2D eigenvalue weighted by molar-refractivity contribution is 7.09. The standard InChI is InChI=1S/C23H32N4O2S/c1-3-26-13-15-27(16-14-26)12-4-11-24-23(28)10-7-20-5-8-22(9-6-20)29-17-21-18-30-19(2)25-21/h5-10,18H,3-4,11-17H2,1-2H3,(H,24,28)/b10-7+. The zero-order chi connectivity index (χ0) is 21.2. The van der Waals surface area contributed by atoms with Gasteiger partial charge in [-0.2, -0.15) is 0 Å². The van der Waals surface area contributed by atoms with Crippen molar-refractivity contribution in [1.82, 2.24) is 20.1 Å². The number of hydrogen-bond acceptors (Lipinski definition) is 6. The molecule has 6 nitrogen and oxygen atoms in total. The molecular weight excluding hydrogens is 396 g/mol. The van der Waals surface area contributed by atoms with Crippen LogP contribution >= 0.6 is 11.3 Å². The summed E-state index contributed by atoms with van der Waals surface area (Å²) >= 11 is 1.62. The van der Waals surface area contributed by atoms with Crippen molar-refractivity contribution >= 4 is 23.3 Å². The number of carbonyl (C=O) groups is 1. The number of likely N-dealkylation sites (N-methyl/N-ethyl adjacent to an activating group) is 1. The molecule has 162 valence electrons. The number of ether oxygens (including phenoxy) is 1. The van der Waals surface area contributed by atoms with Crippen LogP contribution in [0.15, 0.2) is 35.7 Å². The summed E-state index contributed by atoms with van der Waals surface area (Å²) in [4.78, 5) is 21.4. The van der Waals surface area contributed by atoms with Crippen LogP contribution in [0.5, 0.6) is 5.75 Å². The highest BCUT2D eigenvalue weighted by atomic mass is 32.1. The molecular formula is C23H32N4O2S. The molecule has 1 aromatic heterocycles. The van der Waals surface area contributed by atoms with Crippen LogP contribution in [0.3, 0.4) is 0 Å². The maximum atomic E-state index is 12.0. The molecule has 3 rings (SSSR count). The SMILES string of the molecule is CCN1CCN(CCCNC(=O)/C=C/c2ccc(OCc3csc(C)n3)cc2)CC1. The van der Waals surface area contributed by atoms with Crippen molar-refractivity contribution in [2.45, 2.75) is 26.9 Å². The Balaban J connectivity index is 1.31. The van der Waals surface area contributed by atoms with Crippen molar-refractivity contribution in [2.75, 3.05) is 45.8 Å². The quantitative estimate of drug-likeness (QED) is 0.465. The molecule has 1 fully saturated rings. The Kier molecular flexibility index (Phi) is 8.86. The lowest BCUT2D eigenvalue weighted by Crippen LogP contribution is -2.46. The second-order valence-electron chi connectivity index (χ2n) is 7.47. The fraction of sp³-hybridized carbons (Fsp3) is 0.478. The molecule has 1 N–H and O–H groups in total. The highest BCUT2D eigenvalue weighted by Gasteiger charge is 2.14. The van der Waals surface area contributed by atoms with E-state index in [2.05, 4.69) is 27.0 Å². The summed E-state index contributed by atoms with van der Waals surface area (Å²) in [7, 11) is 0. The first kappa shape index (κ1) is 22.5. The topological polar surface area (TPSA) is 57.7 Å². The van der Waals surface area contributed by atoms with Crippen LogP contribution in [0.1, 0.15) is 29.6 Å². The first-order valence-electron chi connectivity index (χ1n) is 10.7. The monoisotopic (exact) mass is 428 g/mol. The molecule has 1 saturated heterocycles. The third-order valence-electron chi connectivity index (χ3n) is 5.22. The van der Waals surface area contributed by atoms with E-state index in [1.54, 1.807) is 17.4 Å². The Morgan fingerprint density at radius 1 is 1.20 bits per heavy atom. The van der Waals surface area contributed by atoms with Gasteiger partial charge < -0.3 is 19.9 Å². The summed E-state index contributed by atoms with van der Waals surface area (Å²) in [5.41, 5.74) is 1.91. The maximum Gasteiger partial charge on any atom is 0.243 e. The number of benzene rings is 1. The predicted octanol–water partition coefficient (Wildman–Crippen LogP) is 3.19. The molecule has 0 saturated carbocycles. The maximum absolute atomic E-state index is 12.0. The van der Waals surface area contributed by atoms with Gasteiger partial charge in [-0.15, -0.1) is 11.3 Å². The normalized spacial score (nSPS) is 15.5. The number of piperazine rings is 1. The average Bonchev–Trinajstić information content (AvgIpc) is 3.20. The lowest BCUT2D eigenvalue weighted by molar-refractivity contribution is -0.116. The Labute approximate surface area is 183 Å². The van der Waals surface area contributed by atoms with Gasteiger partial charge in [0, 0.05) is 44.2 Å². The van der Waals surface area contributed by atoms with Crippen molar-refractivity contribution < 1.29 is 9.53 Å². The molecule has 1 aliphatic rings. The van der Waals surface area contributed by atoms with Crippen molar-refractivity contribution in [1.29, 1.82) is 0 Å². The smallest absolute Gasteiger partial charge is 0.243 e. The number of carbonyl (C=O) groups excluding carboxylic acids is 1. The molecule has 30 heavy (non-hydrogen) atoms. The van der Waals surface area contributed by atoms with Crippen LogP contribution < -0.4 is 10.1 Å². The molecule has 0 unspecified atom stereocenters. The number of amides is 1. The minimum atomic E-state index is -0.0509. The van der Waals surface area contributed by atoms with Crippen molar-refractivity contribution in [3.05, 3.63) is 52.0 Å². The summed E-state index contributed by atoms with van der Waals surface area (Å²) in [6.07, 6.45) is 4.40. The Morgan fingerprint density at radius 3 is 2.60 bits per heavy atom. The van der Waals surface area contributed by atoms with E-state index < -0.39 is 0 Å². The number of rotatable bonds is 10. The third kappa shape index (κ3) is 7.55. The second-order valence-corrected chi connectivity index (χ2v) is 8.53.